The van der Waals surface area contributed by atoms with E-state index in [1.54, 1.807) is 0 Å². The first kappa shape index (κ1) is 17.7. The summed E-state index contributed by atoms with van der Waals surface area (Å²) < 4.78 is 0. The third-order valence-electron chi connectivity index (χ3n) is 5.45. The first-order chi connectivity index (χ1) is 12.0. The standard InChI is InChI=1S/C19H27N3O3/c1-2-22(12-18(23)24)17-10-16(11-17)21-19(25)20-15-8-14(9-15)13-6-4-3-5-7-13/h3-7,14-17H,2,8-12H2,1H3,(H,23,24)(H2,20,21,25). The Bertz CT molecular complexity index is 595. The molecule has 2 fully saturated rings. The van der Waals surface area contributed by atoms with Crippen LogP contribution in [0.15, 0.2) is 30.3 Å². The molecule has 0 saturated heterocycles. The van der Waals surface area contributed by atoms with Crippen molar-refractivity contribution in [1.29, 1.82) is 0 Å². The van der Waals surface area contributed by atoms with Crippen LogP contribution in [0, 0.1) is 0 Å². The summed E-state index contributed by atoms with van der Waals surface area (Å²) in [6.07, 6.45) is 3.64. The molecule has 2 aliphatic carbocycles. The second-order valence-corrected chi connectivity index (χ2v) is 7.17. The zero-order valence-corrected chi connectivity index (χ0v) is 14.6. The van der Waals surface area contributed by atoms with Gasteiger partial charge >= 0.3 is 12.0 Å². The summed E-state index contributed by atoms with van der Waals surface area (Å²) in [7, 11) is 0. The zero-order valence-electron chi connectivity index (χ0n) is 14.6. The molecule has 2 amide bonds. The van der Waals surface area contributed by atoms with Crippen molar-refractivity contribution < 1.29 is 14.7 Å². The highest BCUT2D eigenvalue weighted by molar-refractivity contribution is 5.75. The van der Waals surface area contributed by atoms with E-state index in [-0.39, 0.29) is 30.7 Å². The average Bonchev–Trinajstić information content (AvgIpc) is 2.52. The van der Waals surface area contributed by atoms with E-state index in [1.165, 1.54) is 5.56 Å². The normalized spacial score (nSPS) is 27.9. The lowest BCUT2D eigenvalue weighted by atomic mass is 9.76. The van der Waals surface area contributed by atoms with Crippen LogP contribution in [0.3, 0.4) is 0 Å². The molecule has 2 saturated carbocycles. The van der Waals surface area contributed by atoms with E-state index in [1.807, 2.05) is 17.9 Å². The van der Waals surface area contributed by atoms with Gasteiger partial charge < -0.3 is 15.7 Å². The van der Waals surface area contributed by atoms with E-state index in [4.69, 9.17) is 5.11 Å². The molecule has 1 aromatic rings. The number of rotatable bonds is 7. The van der Waals surface area contributed by atoms with Crippen LogP contribution < -0.4 is 10.6 Å². The predicted molar refractivity (Wildman–Crippen MR) is 95.6 cm³/mol. The highest BCUT2D eigenvalue weighted by Crippen LogP contribution is 2.36. The van der Waals surface area contributed by atoms with E-state index in [9.17, 15) is 9.59 Å². The van der Waals surface area contributed by atoms with Gasteiger partial charge in [-0.1, -0.05) is 37.3 Å². The number of carboxylic acids is 1. The number of aliphatic carboxylic acids is 1. The minimum Gasteiger partial charge on any atom is -0.480 e. The molecule has 3 N–H and O–H groups in total. The van der Waals surface area contributed by atoms with Gasteiger partial charge in [-0.25, -0.2) is 4.79 Å². The largest absolute Gasteiger partial charge is 0.480 e. The van der Waals surface area contributed by atoms with Crippen LogP contribution in [0.5, 0.6) is 0 Å². The molecular formula is C19H27N3O3. The molecule has 0 unspecified atom stereocenters. The average molecular weight is 345 g/mol. The van der Waals surface area contributed by atoms with Gasteiger partial charge in [-0.05, 0) is 43.7 Å². The number of nitrogens with one attached hydrogen (secondary N) is 2. The van der Waals surface area contributed by atoms with Crippen LogP contribution in [0.1, 0.15) is 44.1 Å². The minimum atomic E-state index is -0.797. The van der Waals surface area contributed by atoms with Gasteiger partial charge in [0.05, 0.1) is 6.54 Å². The monoisotopic (exact) mass is 345 g/mol. The van der Waals surface area contributed by atoms with E-state index in [0.717, 1.165) is 32.2 Å². The van der Waals surface area contributed by atoms with Crippen molar-refractivity contribution in [1.82, 2.24) is 15.5 Å². The van der Waals surface area contributed by atoms with Crippen molar-refractivity contribution in [3.8, 4) is 0 Å². The lowest BCUT2D eigenvalue weighted by Gasteiger charge is -2.43. The Morgan fingerprint density at radius 1 is 1.08 bits per heavy atom. The summed E-state index contributed by atoms with van der Waals surface area (Å²) in [5, 5.41) is 15.0. The molecular weight excluding hydrogens is 318 g/mol. The predicted octanol–water partition coefficient (Wildman–Crippen LogP) is 2.17. The minimum absolute atomic E-state index is 0.0725. The molecule has 0 bridgehead atoms. The number of likely N-dealkylation sites (N-methyl/N-ethyl adjacent to an activating group) is 1. The van der Waals surface area contributed by atoms with Gasteiger partial charge in [0.25, 0.3) is 0 Å². The Morgan fingerprint density at radius 3 is 2.24 bits per heavy atom. The van der Waals surface area contributed by atoms with Gasteiger partial charge in [0.15, 0.2) is 0 Å². The van der Waals surface area contributed by atoms with Crippen molar-refractivity contribution in [3.63, 3.8) is 0 Å². The van der Waals surface area contributed by atoms with Crippen molar-refractivity contribution >= 4 is 12.0 Å². The molecule has 2 aliphatic rings. The first-order valence-electron chi connectivity index (χ1n) is 9.13. The van der Waals surface area contributed by atoms with Crippen LogP contribution in [0.2, 0.25) is 0 Å². The summed E-state index contributed by atoms with van der Waals surface area (Å²) in [6.45, 7) is 2.76. The van der Waals surface area contributed by atoms with Crippen molar-refractivity contribution in [2.24, 2.45) is 0 Å². The summed E-state index contributed by atoms with van der Waals surface area (Å²) >= 11 is 0. The number of hydrogen-bond donors (Lipinski definition) is 3. The number of carboxylic acid groups (broad SMARTS) is 1. The fraction of sp³-hybridized carbons (Fsp3) is 0.579. The van der Waals surface area contributed by atoms with Crippen LogP contribution in [-0.2, 0) is 4.79 Å². The summed E-state index contributed by atoms with van der Waals surface area (Å²) in [6, 6.07) is 11.0. The van der Waals surface area contributed by atoms with Gasteiger partial charge in [0.2, 0.25) is 0 Å². The number of benzene rings is 1. The van der Waals surface area contributed by atoms with Crippen LogP contribution in [-0.4, -0.2) is 53.2 Å². The Hall–Kier alpha value is -2.08. The van der Waals surface area contributed by atoms with Crippen molar-refractivity contribution in [3.05, 3.63) is 35.9 Å². The molecule has 6 nitrogen and oxygen atoms in total. The Morgan fingerprint density at radius 2 is 1.68 bits per heavy atom. The molecule has 0 spiro atoms. The van der Waals surface area contributed by atoms with Crippen molar-refractivity contribution in [2.75, 3.05) is 13.1 Å². The van der Waals surface area contributed by atoms with Crippen LogP contribution in [0.25, 0.3) is 0 Å². The number of urea groups is 1. The molecule has 0 aromatic heterocycles. The van der Waals surface area contributed by atoms with Crippen LogP contribution in [0.4, 0.5) is 4.79 Å². The third-order valence-corrected chi connectivity index (χ3v) is 5.45. The molecule has 6 heteroatoms. The fourth-order valence-electron chi connectivity index (χ4n) is 3.82. The van der Waals surface area contributed by atoms with Crippen molar-refractivity contribution in [2.45, 2.75) is 56.7 Å². The Labute approximate surface area is 148 Å². The molecule has 0 heterocycles. The van der Waals surface area contributed by atoms with Gasteiger partial charge in [0.1, 0.15) is 0 Å². The van der Waals surface area contributed by atoms with E-state index < -0.39 is 5.97 Å². The molecule has 0 radical (unpaired) electrons. The lowest BCUT2D eigenvalue weighted by molar-refractivity contribution is -0.139. The molecule has 0 atom stereocenters. The molecule has 1 aromatic carbocycles. The van der Waals surface area contributed by atoms with E-state index in [2.05, 4.69) is 34.9 Å². The molecule has 25 heavy (non-hydrogen) atoms. The maximum absolute atomic E-state index is 12.1. The first-order valence-corrected chi connectivity index (χ1v) is 9.13. The third kappa shape index (κ3) is 4.51. The smallest absolute Gasteiger partial charge is 0.317 e. The molecule has 3 rings (SSSR count). The number of carbonyl (C=O) groups excluding carboxylic acids is 1. The van der Waals surface area contributed by atoms with E-state index >= 15 is 0 Å². The topological polar surface area (TPSA) is 81.7 Å². The highest BCUT2D eigenvalue weighted by Gasteiger charge is 2.36. The van der Waals surface area contributed by atoms with E-state index in [0.29, 0.717) is 5.92 Å². The quantitative estimate of drug-likeness (QED) is 0.707. The van der Waals surface area contributed by atoms with Gasteiger partial charge in [0, 0.05) is 18.1 Å². The summed E-state index contributed by atoms with van der Waals surface area (Å²) in [5.41, 5.74) is 1.35. The Kier molecular flexibility index (Phi) is 5.58. The van der Waals surface area contributed by atoms with Gasteiger partial charge in [-0.2, -0.15) is 0 Å². The SMILES string of the molecule is CCN(CC(=O)O)C1CC(NC(=O)NC2CC(c3ccccc3)C2)C1. The molecule has 0 aliphatic heterocycles. The van der Waals surface area contributed by atoms with Crippen LogP contribution >= 0.6 is 0 Å². The number of nitrogens with zero attached hydrogens (tertiary/aromatic N) is 1. The highest BCUT2D eigenvalue weighted by atomic mass is 16.4. The summed E-state index contributed by atoms with van der Waals surface area (Å²) in [4.78, 5) is 24.9. The number of carbonyl (C=O) groups is 2. The number of hydrogen-bond acceptors (Lipinski definition) is 3. The lowest BCUT2D eigenvalue weighted by Crippen LogP contribution is -2.58. The fourth-order valence-corrected chi connectivity index (χ4v) is 3.82. The van der Waals surface area contributed by atoms with Gasteiger partial charge in [-0.15, -0.1) is 0 Å². The maximum atomic E-state index is 12.1. The zero-order chi connectivity index (χ0) is 17.8. The van der Waals surface area contributed by atoms with Gasteiger partial charge in [-0.3, -0.25) is 9.69 Å². The second-order valence-electron chi connectivity index (χ2n) is 7.17. The maximum Gasteiger partial charge on any atom is 0.317 e. The second kappa shape index (κ2) is 7.87. The summed E-state index contributed by atoms with van der Waals surface area (Å²) in [5.74, 6) is -0.248. The number of amides is 2. The Balaban J connectivity index is 1.33. The molecule has 136 valence electrons.